The number of benzene rings is 2. The molecule has 106 valence electrons. The Bertz CT molecular complexity index is 850. The number of ketones is 1. The van der Waals surface area contributed by atoms with Crippen molar-refractivity contribution in [3.8, 4) is 0 Å². The second kappa shape index (κ2) is 4.97. The first kappa shape index (κ1) is 13.8. The second-order valence-corrected chi connectivity index (χ2v) is 5.24. The molecule has 0 aliphatic heterocycles. The van der Waals surface area contributed by atoms with Gasteiger partial charge in [0.15, 0.2) is 5.78 Å². The van der Waals surface area contributed by atoms with Crippen molar-refractivity contribution >= 4 is 28.3 Å². The molecule has 2 nitrogen and oxygen atoms in total. The van der Waals surface area contributed by atoms with E-state index in [0.29, 0.717) is 16.0 Å². The van der Waals surface area contributed by atoms with E-state index in [0.717, 1.165) is 23.7 Å². The normalized spacial score (nSPS) is 11.0. The van der Waals surface area contributed by atoms with Gasteiger partial charge in [-0.1, -0.05) is 17.7 Å². The lowest BCUT2D eigenvalue weighted by molar-refractivity contribution is 0.103. The van der Waals surface area contributed by atoms with Gasteiger partial charge in [0, 0.05) is 46.4 Å². The number of hydrogen-bond acceptors (Lipinski definition) is 1. The Kier molecular flexibility index (Phi) is 3.26. The van der Waals surface area contributed by atoms with E-state index in [9.17, 15) is 13.6 Å². The molecule has 0 N–H and O–H groups in total. The van der Waals surface area contributed by atoms with Crippen molar-refractivity contribution in [1.82, 2.24) is 4.57 Å². The van der Waals surface area contributed by atoms with E-state index < -0.39 is 17.4 Å². The molecule has 3 rings (SSSR count). The number of rotatable bonds is 2. The first-order chi connectivity index (χ1) is 9.95. The van der Waals surface area contributed by atoms with Gasteiger partial charge in [0.25, 0.3) is 0 Å². The summed E-state index contributed by atoms with van der Waals surface area (Å²) in [5.74, 6) is -1.98. The molecule has 0 saturated heterocycles. The minimum absolute atomic E-state index is 0.0186. The Labute approximate surface area is 124 Å². The molecule has 0 radical (unpaired) electrons. The lowest BCUT2D eigenvalue weighted by Crippen LogP contribution is -2.02. The molecule has 1 aromatic heterocycles. The summed E-state index contributed by atoms with van der Waals surface area (Å²) < 4.78 is 28.3. The summed E-state index contributed by atoms with van der Waals surface area (Å²) >= 11 is 5.94. The lowest BCUT2D eigenvalue weighted by Gasteiger charge is -2.01. The van der Waals surface area contributed by atoms with Crippen LogP contribution >= 0.6 is 11.6 Å². The molecular weight excluding hydrogens is 296 g/mol. The van der Waals surface area contributed by atoms with E-state index in [-0.39, 0.29) is 5.56 Å². The first-order valence-corrected chi connectivity index (χ1v) is 6.59. The molecular formula is C16H10ClF2NO. The number of carbonyl (C=O) groups is 1. The maximum absolute atomic E-state index is 13.3. The zero-order valence-corrected chi connectivity index (χ0v) is 11.8. The monoisotopic (exact) mass is 305 g/mol. The molecule has 0 spiro atoms. The lowest BCUT2D eigenvalue weighted by atomic mass is 10.0. The molecule has 0 amide bonds. The number of halogens is 3. The molecule has 5 heteroatoms. The summed E-state index contributed by atoms with van der Waals surface area (Å²) in [5, 5.41) is 1.25. The molecule has 0 saturated carbocycles. The molecule has 0 aliphatic carbocycles. The van der Waals surface area contributed by atoms with Crippen molar-refractivity contribution in [3.05, 3.63) is 70.4 Å². The van der Waals surface area contributed by atoms with Crippen LogP contribution in [-0.2, 0) is 7.05 Å². The second-order valence-electron chi connectivity index (χ2n) is 4.80. The highest BCUT2D eigenvalue weighted by Gasteiger charge is 2.17. The van der Waals surface area contributed by atoms with Gasteiger partial charge in [-0.2, -0.15) is 0 Å². The fourth-order valence-electron chi connectivity index (χ4n) is 2.38. The maximum atomic E-state index is 13.3. The first-order valence-electron chi connectivity index (χ1n) is 6.21. The average Bonchev–Trinajstić information content (AvgIpc) is 2.74. The minimum Gasteiger partial charge on any atom is -0.350 e. The van der Waals surface area contributed by atoms with Crippen molar-refractivity contribution in [2.24, 2.45) is 7.05 Å². The summed E-state index contributed by atoms with van der Waals surface area (Å²) in [5.41, 5.74) is 1.15. The van der Waals surface area contributed by atoms with Crippen molar-refractivity contribution < 1.29 is 13.6 Å². The van der Waals surface area contributed by atoms with E-state index >= 15 is 0 Å². The molecule has 1 heterocycles. The number of hydrogen-bond donors (Lipinski definition) is 0. The zero-order chi connectivity index (χ0) is 15.1. The summed E-state index contributed by atoms with van der Waals surface area (Å²) in [6.45, 7) is 0. The van der Waals surface area contributed by atoms with Gasteiger partial charge >= 0.3 is 0 Å². The molecule has 21 heavy (non-hydrogen) atoms. The quantitative estimate of drug-likeness (QED) is 0.646. The van der Waals surface area contributed by atoms with Crippen LogP contribution in [-0.4, -0.2) is 10.4 Å². The fraction of sp³-hybridized carbons (Fsp3) is 0.0625. The largest absolute Gasteiger partial charge is 0.350 e. The highest BCUT2D eigenvalue weighted by Crippen LogP contribution is 2.26. The molecule has 2 aromatic carbocycles. The summed E-state index contributed by atoms with van der Waals surface area (Å²) in [6.07, 6.45) is 1.63. The van der Waals surface area contributed by atoms with E-state index in [4.69, 9.17) is 11.6 Å². The van der Waals surface area contributed by atoms with Crippen molar-refractivity contribution in [3.63, 3.8) is 0 Å². The van der Waals surface area contributed by atoms with Crippen LogP contribution in [0.1, 0.15) is 15.9 Å². The predicted octanol–water partition coefficient (Wildman–Crippen LogP) is 4.34. The van der Waals surface area contributed by atoms with Crippen LogP contribution in [0, 0.1) is 11.6 Å². The van der Waals surface area contributed by atoms with E-state index in [2.05, 4.69) is 0 Å². The molecule has 0 atom stereocenters. The van der Waals surface area contributed by atoms with Gasteiger partial charge in [0.1, 0.15) is 11.6 Å². The molecule has 0 unspecified atom stereocenters. The van der Waals surface area contributed by atoms with Crippen LogP contribution in [0.15, 0.2) is 42.6 Å². The van der Waals surface area contributed by atoms with Gasteiger partial charge in [-0.05, 0) is 24.3 Å². The Morgan fingerprint density at radius 2 is 1.76 bits per heavy atom. The van der Waals surface area contributed by atoms with Crippen LogP contribution in [0.25, 0.3) is 10.9 Å². The van der Waals surface area contributed by atoms with Gasteiger partial charge in [-0.15, -0.1) is 0 Å². The topological polar surface area (TPSA) is 22.0 Å². The van der Waals surface area contributed by atoms with Crippen LogP contribution in [0.5, 0.6) is 0 Å². The van der Waals surface area contributed by atoms with E-state index in [1.54, 1.807) is 36.0 Å². The Balaban J connectivity index is 2.18. The van der Waals surface area contributed by atoms with Crippen LogP contribution in [0.2, 0.25) is 5.02 Å². The van der Waals surface area contributed by atoms with E-state index in [1.165, 1.54) is 0 Å². The van der Waals surface area contributed by atoms with Crippen LogP contribution < -0.4 is 0 Å². The van der Waals surface area contributed by atoms with Crippen molar-refractivity contribution in [1.29, 1.82) is 0 Å². The molecule has 0 aliphatic rings. The minimum atomic E-state index is -0.776. The third kappa shape index (κ3) is 2.43. The number of aromatic nitrogens is 1. The Morgan fingerprint density at radius 1 is 1.10 bits per heavy atom. The third-order valence-corrected chi connectivity index (χ3v) is 3.56. The molecule has 0 bridgehead atoms. The zero-order valence-electron chi connectivity index (χ0n) is 11.0. The smallest absolute Gasteiger partial charge is 0.195 e. The van der Waals surface area contributed by atoms with Gasteiger partial charge in [-0.25, -0.2) is 8.78 Å². The predicted molar refractivity (Wildman–Crippen MR) is 77.7 cm³/mol. The van der Waals surface area contributed by atoms with Gasteiger partial charge in [0.2, 0.25) is 0 Å². The number of nitrogens with zero attached hydrogens (tertiary/aromatic N) is 1. The highest BCUT2D eigenvalue weighted by molar-refractivity contribution is 6.31. The summed E-state index contributed by atoms with van der Waals surface area (Å²) in [6, 6.07) is 7.92. The molecule has 0 fully saturated rings. The summed E-state index contributed by atoms with van der Waals surface area (Å²) in [4.78, 5) is 12.5. The van der Waals surface area contributed by atoms with E-state index in [1.807, 2.05) is 0 Å². The van der Waals surface area contributed by atoms with Gasteiger partial charge < -0.3 is 4.57 Å². The van der Waals surface area contributed by atoms with Crippen molar-refractivity contribution in [2.75, 3.05) is 0 Å². The number of aryl methyl sites for hydroxylation is 1. The van der Waals surface area contributed by atoms with Crippen LogP contribution in [0.3, 0.4) is 0 Å². The van der Waals surface area contributed by atoms with Crippen molar-refractivity contribution in [2.45, 2.75) is 0 Å². The molecule has 3 aromatic rings. The average molecular weight is 306 g/mol. The SMILES string of the molecule is Cn1cc(C(=O)c2cc(F)cc(F)c2)c2ccc(Cl)cc21. The summed E-state index contributed by atoms with van der Waals surface area (Å²) in [7, 11) is 1.78. The third-order valence-electron chi connectivity index (χ3n) is 3.32. The standard InChI is InChI=1S/C16H10ClF2NO/c1-20-8-14(13-3-2-10(17)6-15(13)20)16(21)9-4-11(18)7-12(19)5-9/h2-8H,1H3. The Hall–Kier alpha value is -2.20. The number of fused-ring (bicyclic) bond motifs is 1. The number of carbonyl (C=O) groups excluding carboxylic acids is 1. The van der Waals surface area contributed by atoms with Crippen LogP contribution in [0.4, 0.5) is 8.78 Å². The highest BCUT2D eigenvalue weighted by atomic mass is 35.5. The maximum Gasteiger partial charge on any atom is 0.195 e. The van der Waals surface area contributed by atoms with Gasteiger partial charge in [-0.3, -0.25) is 4.79 Å². The Morgan fingerprint density at radius 3 is 2.43 bits per heavy atom. The van der Waals surface area contributed by atoms with Gasteiger partial charge in [0.05, 0.1) is 0 Å². The fourth-order valence-corrected chi connectivity index (χ4v) is 2.54.